The highest BCUT2D eigenvalue weighted by atomic mass is 35.5. The largest absolute Gasteiger partial charge is 0.508 e. The van der Waals surface area contributed by atoms with Gasteiger partial charge in [-0.15, -0.1) is 0 Å². The van der Waals surface area contributed by atoms with Crippen LogP contribution in [0.5, 0.6) is 5.75 Å². The molecule has 0 bridgehead atoms. The Morgan fingerprint density at radius 3 is 2.35 bits per heavy atom. The number of anilines is 2. The normalized spacial score (nSPS) is 11.9. The first-order valence-electron chi connectivity index (χ1n) is 9.92. The number of aromatic hydroxyl groups is 1. The van der Waals surface area contributed by atoms with Gasteiger partial charge in [0.25, 0.3) is 0 Å². The summed E-state index contributed by atoms with van der Waals surface area (Å²) in [4.78, 5) is 0. The molecule has 0 unspecified atom stereocenters. The molecule has 0 amide bonds. The molecular weight excluding hydrogens is 434 g/mol. The van der Waals surface area contributed by atoms with Gasteiger partial charge in [0.15, 0.2) is 0 Å². The van der Waals surface area contributed by atoms with Gasteiger partial charge in [0.1, 0.15) is 11.6 Å². The molecule has 31 heavy (non-hydrogen) atoms. The molecule has 0 aliphatic heterocycles. The Hall–Kier alpha value is -2.69. The van der Waals surface area contributed by atoms with E-state index in [4.69, 9.17) is 28.9 Å². The van der Waals surface area contributed by atoms with Crippen LogP contribution in [0.3, 0.4) is 0 Å². The van der Waals surface area contributed by atoms with Crippen molar-refractivity contribution in [3.8, 4) is 5.75 Å². The lowest BCUT2D eigenvalue weighted by Gasteiger charge is -2.29. The van der Waals surface area contributed by atoms with E-state index in [1.807, 2.05) is 30.3 Å². The second-order valence-electron chi connectivity index (χ2n) is 8.43. The molecule has 6 heteroatoms. The number of nitrogen functional groups attached to an aromatic ring is 1. The molecule has 4 aromatic carbocycles. The molecular formula is C25H23Cl2FN2O. The van der Waals surface area contributed by atoms with E-state index >= 15 is 0 Å². The van der Waals surface area contributed by atoms with Crippen molar-refractivity contribution >= 4 is 56.1 Å². The van der Waals surface area contributed by atoms with Crippen molar-refractivity contribution in [2.75, 3.05) is 18.1 Å². The lowest BCUT2D eigenvalue weighted by atomic mass is 9.76. The zero-order valence-electron chi connectivity index (χ0n) is 17.5. The molecule has 0 spiro atoms. The van der Waals surface area contributed by atoms with Crippen molar-refractivity contribution in [2.24, 2.45) is 0 Å². The Kier molecular flexibility index (Phi) is 5.40. The summed E-state index contributed by atoms with van der Waals surface area (Å²) in [6.45, 7) is 4.17. The standard InChI is InChI=1S/C25H23Cl2FN2O/c1-25(2,18-11-20(29)23(26)16-7-5-4-6-15(16)18)12-13-8-19(28)24(27)22-17(13)9-14(31)10-21(22)30-3/h4-11,30-31H,12,29H2,1-3H3. The van der Waals surface area contributed by atoms with E-state index in [-0.39, 0.29) is 10.8 Å². The number of halogens is 3. The molecule has 0 heterocycles. The number of fused-ring (bicyclic) bond motifs is 2. The monoisotopic (exact) mass is 456 g/mol. The van der Waals surface area contributed by atoms with Crippen LogP contribution in [-0.4, -0.2) is 12.2 Å². The lowest BCUT2D eigenvalue weighted by molar-refractivity contribution is 0.476. The molecule has 4 N–H and O–H groups in total. The maximum absolute atomic E-state index is 14.8. The fourth-order valence-corrected chi connectivity index (χ4v) is 4.84. The van der Waals surface area contributed by atoms with Crippen molar-refractivity contribution in [3.63, 3.8) is 0 Å². The predicted octanol–water partition coefficient (Wildman–Crippen LogP) is 7.29. The van der Waals surface area contributed by atoms with Gasteiger partial charge in [-0.05, 0) is 51.9 Å². The molecule has 0 saturated carbocycles. The second kappa shape index (κ2) is 7.77. The second-order valence-corrected chi connectivity index (χ2v) is 9.19. The zero-order valence-corrected chi connectivity index (χ0v) is 19.0. The number of nitrogens with two attached hydrogens (primary N) is 1. The van der Waals surface area contributed by atoms with Crippen molar-refractivity contribution < 1.29 is 9.50 Å². The molecule has 0 aliphatic rings. The van der Waals surface area contributed by atoms with Crippen LogP contribution in [0.4, 0.5) is 15.8 Å². The van der Waals surface area contributed by atoms with Gasteiger partial charge >= 0.3 is 0 Å². The first-order chi connectivity index (χ1) is 14.6. The summed E-state index contributed by atoms with van der Waals surface area (Å²) >= 11 is 12.8. The van der Waals surface area contributed by atoms with E-state index < -0.39 is 11.2 Å². The van der Waals surface area contributed by atoms with E-state index in [1.165, 1.54) is 12.1 Å². The van der Waals surface area contributed by atoms with Crippen LogP contribution in [0.2, 0.25) is 10.0 Å². The van der Waals surface area contributed by atoms with Gasteiger partial charge in [0, 0.05) is 29.6 Å². The number of hydrogen-bond donors (Lipinski definition) is 3. The Morgan fingerprint density at radius 1 is 1.00 bits per heavy atom. The Labute approximate surface area is 190 Å². The summed E-state index contributed by atoms with van der Waals surface area (Å²) in [6, 6.07) is 14.4. The maximum atomic E-state index is 14.8. The fraction of sp³-hybridized carbons (Fsp3) is 0.200. The Balaban J connectivity index is 1.94. The third kappa shape index (κ3) is 3.64. The summed E-state index contributed by atoms with van der Waals surface area (Å²) in [5.74, 6) is -0.414. The van der Waals surface area contributed by atoms with Crippen molar-refractivity contribution in [1.82, 2.24) is 0 Å². The van der Waals surface area contributed by atoms with Crippen LogP contribution in [0, 0.1) is 5.82 Å². The van der Waals surface area contributed by atoms with Crippen molar-refractivity contribution in [1.29, 1.82) is 0 Å². The van der Waals surface area contributed by atoms with Crippen LogP contribution >= 0.6 is 23.2 Å². The summed E-state index contributed by atoms with van der Waals surface area (Å²) in [5.41, 5.74) is 8.63. The summed E-state index contributed by atoms with van der Waals surface area (Å²) in [5, 5.41) is 16.9. The third-order valence-electron chi connectivity index (χ3n) is 5.84. The SMILES string of the molecule is CNc1cc(O)cc2c(CC(C)(C)c3cc(N)c(Cl)c4ccccc34)cc(F)c(Cl)c12. The molecule has 0 saturated heterocycles. The topological polar surface area (TPSA) is 58.3 Å². The molecule has 3 nitrogen and oxygen atoms in total. The smallest absolute Gasteiger partial charge is 0.142 e. The molecule has 0 aromatic heterocycles. The summed E-state index contributed by atoms with van der Waals surface area (Å²) < 4.78 is 14.8. The van der Waals surface area contributed by atoms with Crippen LogP contribution < -0.4 is 11.1 Å². The highest BCUT2D eigenvalue weighted by Crippen LogP contribution is 2.43. The van der Waals surface area contributed by atoms with Crippen LogP contribution in [0.1, 0.15) is 25.0 Å². The number of phenols is 1. The minimum Gasteiger partial charge on any atom is -0.508 e. The van der Waals surface area contributed by atoms with Crippen molar-refractivity contribution in [3.05, 3.63) is 75.5 Å². The number of benzene rings is 4. The van der Waals surface area contributed by atoms with Crippen LogP contribution in [-0.2, 0) is 11.8 Å². The predicted molar refractivity (Wildman–Crippen MR) is 130 cm³/mol. The van der Waals surface area contributed by atoms with Crippen LogP contribution in [0.25, 0.3) is 21.5 Å². The summed E-state index contributed by atoms with van der Waals surface area (Å²) in [6.07, 6.45) is 0.495. The first-order valence-corrected chi connectivity index (χ1v) is 10.7. The number of hydrogen-bond acceptors (Lipinski definition) is 3. The van der Waals surface area contributed by atoms with E-state index in [2.05, 4.69) is 19.2 Å². The molecule has 0 aliphatic carbocycles. The molecule has 4 aromatic rings. The highest BCUT2D eigenvalue weighted by molar-refractivity contribution is 6.38. The number of phenolic OH excluding ortho intramolecular Hbond substituents is 1. The highest BCUT2D eigenvalue weighted by Gasteiger charge is 2.27. The maximum Gasteiger partial charge on any atom is 0.142 e. The molecule has 0 radical (unpaired) electrons. The van der Waals surface area contributed by atoms with Gasteiger partial charge in [-0.25, -0.2) is 4.39 Å². The zero-order chi connectivity index (χ0) is 22.5. The van der Waals surface area contributed by atoms with Crippen molar-refractivity contribution in [2.45, 2.75) is 25.7 Å². The van der Waals surface area contributed by atoms with Gasteiger partial charge in [0.2, 0.25) is 0 Å². The summed E-state index contributed by atoms with van der Waals surface area (Å²) in [7, 11) is 1.71. The average Bonchev–Trinajstić information content (AvgIpc) is 2.73. The van der Waals surface area contributed by atoms with Gasteiger partial charge in [0.05, 0.1) is 15.7 Å². The molecule has 0 fully saturated rings. The molecule has 4 rings (SSSR count). The van der Waals surface area contributed by atoms with Crippen LogP contribution in [0.15, 0.2) is 48.5 Å². The first kappa shape index (κ1) is 21.5. The fourth-order valence-electron chi connectivity index (χ4n) is 4.37. The van der Waals surface area contributed by atoms with Gasteiger partial charge in [-0.2, -0.15) is 0 Å². The number of nitrogens with one attached hydrogen (secondary N) is 1. The van der Waals surface area contributed by atoms with E-state index in [9.17, 15) is 9.50 Å². The van der Waals surface area contributed by atoms with E-state index in [0.29, 0.717) is 33.6 Å². The Bertz CT molecular complexity index is 1330. The van der Waals surface area contributed by atoms with E-state index in [0.717, 1.165) is 21.9 Å². The molecule has 0 atom stereocenters. The van der Waals surface area contributed by atoms with Gasteiger partial charge in [-0.3, -0.25) is 0 Å². The average molecular weight is 457 g/mol. The Morgan fingerprint density at radius 2 is 1.68 bits per heavy atom. The van der Waals surface area contributed by atoms with E-state index in [1.54, 1.807) is 13.1 Å². The lowest BCUT2D eigenvalue weighted by Crippen LogP contribution is -2.22. The quantitative estimate of drug-likeness (QED) is 0.282. The third-order valence-corrected chi connectivity index (χ3v) is 6.63. The number of rotatable bonds is 4. The van der Waals surface area contributed by atoms with Gasteiger partial charge in [-0.1, -0.05) is 61.3 Å². The molecule has 160 valence electrons. The van der Waals surface area contributed by atoms with Gasteiger partial charge < -0.3 is 16.2 Å². The minimum atomic E-state index is -0.498. The minimum absolute atomic E-state index is 0.0297.